The molecule has 0 atom stereocenters. The molecule has 0 spiro atoms. The predicted octanol–water partition coefficient (Wildman–Crippen LogP) is 3.44. The van der Waals surface area contributed by atoms with Crippen LogP contribution in [0.4, 0.5) is 5.69 Å². The maximum Gasteiger partial charge on any atom is 0.252 e. The van der Waals surface area contributed by atoms with E-state index in [4.69, 9.17) is 4.74 Å². The molecule has 0 bridgehead atoms. The lowest BCUT2D eigenvalue weighted by atomic mass is 9.93. The van der Waals surface area contributed by atoms with Crippen LogP contribution in [0, 0.1) is 12.3 Å². The van der Waals surface area contributed by atoms with Gasteiger partial charge in [-0.05, 0) is 55.6 Å². The first-order valence-corrected chi connectivity index (χ1v) is 13.6. The number of aryl methyl sites for hydroxylation is 1. The highest BCUT2D eigenvalue weighted by Crippen LogP contribution is 2.34. The van der Waals surface area contributed by atoms with Crippen molar-refractivity contribution in [2.24, 2.45) is 5.41 Å². The Hall–Kier alpha value is -2.88. The minimum atomic E-state index is -3.93. The first-order valence-electron chi connectivity index (χ1n) is 12.1. The summed E-state index contributed by atoms with van der Waals surface area (Å²) in [4.78, 5) is 20.2. The molecule has 194 valence electrons. The van der Waals surface area contributed by atoms with Crippen LogP contribution in [0.5, 0.6) is 5.75 Å². The molecule has 0 aliphatic carbocycles. The van der Waals surface area contributed by atoms with Crippen LogP contribution in [0.15, 0.2) is 52.2 Å². The zero-order valence-corrected chi connectivity index (χ0v) is 22.8. The summed E-state index contributed by atoms with van der Waals surface area (Å²) in [6.45, 7) is 8.15. The smallest absolute Gasteiger partial charge is 0.252 e. The SMILES string of the molecule is Cc1cccc2cc(CN(CC(C)(C)CN(C)C)S(=O)(=O)c3ccc4c(c3)OCCN4C)c(=O)[nH]c12. The number of anilines is 1. The molecule has 0 radical (unpaired) electrons. The van der Waals surface area contributed by atoms with Gasteiger partial charge in [-0.2, -0.15) is 4.31 Å². The van der Waals surface area contributed by atoms with Crippen molar-refractivity contribution >= 4 is 26.6 Å². The minimum Gasteiger partial charge on any atom is -0.490 e. The highest BCUT2D eigenvalue weighted by atomic mass is 32.2. The summed E-state index contributed by atoms with van der Waals surface area (Å²) >= 11 is 0. The first kappa shape index (κ1) is 26.2. The molecule has 1 aliphatic heterocycles. The topological polar surface area (TPSA) is 86.0 Å². The highest BCUT2D eigenvalue weighted by molar-refractivity contribution is 7.89. The van der Waals surface area contributed by atoms with E-state index in [0.29, 0.717) is 24.5 Å². The summed E-state index contributed by atoms with van der Waals surface area (Å²) in [6.07, 6.45) is 0. The average molecular weight is 513 g/mol. The lowest BCUT2D eigenvalue weighted by Crippen LogP contribution is -2.43. The molecule has 4 rings (SSSR count). The molecule has 0 saturated heterocycles. The van der Waals surface area contributed by atoms with Gasteiger partial charge in [-0.15, -0.1) is 0 Å². The van der Waals surface area contributed by atoms with Crippen molar-refractivity contribution in [3.8, 4) is 5.75 Å². The monoisotopic (exact) mass is 512 g/mol. The maximum atomic E-state index is 14.0. The number of H-pyrrole nitrogens is 1. The fraction of sp³-hybridized carbons (Fsp3) is 0.444. The zero-order valence-electron chi connectivity index (χ0n) is 22.0. The van der Waals surface area contributed by atoms with Gasteiger partial charge in [0, 0.05) is 38.3 Å². The van der Waals surface area contributed by atoms with Crippen molar-refractivity contribution in [1.82, 2.24) is 14.2 Å². The number of pyridine rings is 1. The van der Waals surface area contributed by atoms with Gasteiger partial charge in [0.2, 0.25) is 10.0 Å². The van der Waals surface area contributed by atoms with E-state index in [-0.39, 0.29) is 29.0 Å². The molecular weight excluding hydrogens is 476 g/mol. The standard InChI is InChI=1S/C27H36N4O4S/c1-19-8-7-9-20-14-21(26(32)28-25(19)20)16-31(18-27(2,3)17-29(4)5)36(33,34)22-10-11-23-24(15-22)35-13-12-30(23)6/h7-11,14-15H,12-13,16-18H2,1-6H3,(H,28,32). The Balaban J connectivity index is 1.77. The van der Waals surface area contributed by atoms with E-state index in [2.05, 4.69) is 4.98 Å². The molecular formula is C27H36N4O4S. The van der Waals surface area contributed by atoms with E-state index < -0.39 is 10.0 Å². The summed E-state index contributed by atoms with van der Waals surface area (Å²) in [5, 5.41) is 0.875. The van der Waals surface area contributed by atoms with Crippen molar-refractivity contribution in [2.45, 2.75) is 32.2 Å². The molecule has 0 saturated carbocycles. The number of nitrogens with zero attached hydrogens (tertiary/aromatic N) is 3. The first-order chi connectivity index (χ1) is 16.9. The van der Waals surface area contributed by atoms with Crippen LogP contribution < -0.4 is 15.2 Å². The van der Waals surface area contributed by atoms with Crippen LogP contribution in [0.25, 0.3) is 10.9 Å². The second kappa shape index (κ2) is 9.88. The summed E-state index contributed by atoms with van der Waals surface area (Å²) in [5.74, 6) is 0.552. The molecule has 2 aromatic carbocycles. The fourth-order valence-electron chi connectivity index (χ4n) is 4.99. The van der Waals surface area contributed by atoms with Gasteiger partial charge in [0.05, 0.1) is 22.6 Å². The van der Waals surface area contributed by atoms with Crippen molar-refractivity contribution in [1.29, 1.82) is 0 Å². The Morgan fingerprint density at radius 1 is 1.11 bits per heavy atom. The number of likely N-dealkylation sites (N-methyl/N-ethyl adjacent to an activating group) is 1. The van der Waals surface area contributed by atoms with E-state index in [0.717, 1.165) is 28.7 Å². The summed E-state index contributed by atoms with van der Waals surface area (Å²) in [7, 11) is 1.96. The van der Waals surface area contributed by atoms with Crippen LogP contribution in [0.1, 0.15) is 25.0 Å². The largest absolute Gasteiger partial charge is 0.490 e. The van der Waals surface area contributed by atoms with E-state index in [1.54, 1.807) is 24.3 Å². The van der Waals surface area contributed by atoms with E-state index in [1.165, 1.54) is 4.31 Å². The number of rotatable bonds is 8. The quantitative estimate of drug-likeness (QED) is 0.498. The summed E-state index contributed by atoms with van der Waals surface area (Å²) < 4.78 is 35.3. The van der Waals surface area contributed by atoms with Gasteiger partial charge in [-0.3, -0.25) is 4.79 Å². The zero-order chi connectivity index (χ0) is 26.3. The summed E-state index contributed by atoms with van der Waals surface area (Å²) in [6, 6.07) is 12.6. The number of benzene rings is 2. The van der Waals surface area contributed by atoms with E-state index >= 15 is 0 Å². The van der Waals surface area contributed by atoms with E-state index in [1.807, 2.05) is 69.9 Å². The number of nitrogens with one attached hydrogen (secondary N) is 1. The third-order valence-corrected chi connectivity index (χ3v) is 8.31. The Morgan fingerprint density at radius 2 is 1.86 bits per heavy atom. The van der Waals surface area contributed by atoms with Gasteiger partial charge in [-0.25, -0.2) is 8.42 Å². The molecule has 1 aromatic heterocycles. The molecule has 36 heavy (non-hydrogen) atoms. The number of fused-ring (bicyclic) bond motifs is 2. The molecule has 1 aliphatic rings. The molecule has 0 amide bonds. The Morgan fingerprint density at radius 3 is 2.58 bits per heavy atom. The molecule has 2 heterocycles. The minimum absolute atomic E-state index is 0.0315. The highest BCUT2D eigenvalue weighted by Gasteiger charge is 2.33. The molecule has 3 aromatic rings. The molecule has 1 N–H and O–H groups in total. The van der Waals surface area contributed by atoms with Crippen LogP contribution in [-0.2, 0) is 16.6 Å². The second-order valence-electron chi connectivity index (χ2n) is 10.7. The fourth-order valence-corrected chi connectivity index (χ4v) is 6.62. The Labute approximate surface area is 213 Å². The normalized spacial score (nSPS) is 14.4. The van der Waals surface area contributed by atoms with Crippen LogP contribution in [0.3, 0.4) is 0 Å². The number of ether oxygens (including phenoxy) is 1. The van der Waals surface area contributed by atoms with Crippen molar-refractivity contribution in [3.63, 3.8) is 0 Å². The van der Waals surface area contributed by atoms with Gasteiger partial charge in [0.1, 0.15) is 12.4 Å². The third-order valence-electron chi connectivity index (χ3n) is 6.52. The molecule has 0 unspecified atom stereocenters. The third kappa shape index (κ3) is 5.43. The van der Waals surface area contributed by atoms with Gasteiger partial charge < -0.3 is 19.5 Å². The number of sulfonamides is 1. The van der Waals surface area contributed by atoms with Crippen LogP contribution in [-0.4, -0.2) is 70.0 Å². The Bertz CT molecular complexity index is 1430. The van der Waals surface area contributed by atoms with Crippen molar-refractivity contribution < 1.29 is 13.2 Å². The molecule has 9 heteroatoms. The van der Waals surface area contributed by atoms with Crippen molar-refractivity contribution in [2.75, 3.05) is 52.3 Å². The summed E-state index contributed by atoms with van der Waals surface area (Å²) in [5.41, 5.74) is 2.36. The molecule has 0 fully saturated rings. The number of aromatic amines is 1. The number of aromatic nitrogens is 1. The number of hydrogen-bond donors (Lipinski definition) is 1. The van der Waals surface area contributed by atoms with Crippen LogP contribution >= 0.6 is 0 Å². The second-order valence-corrected chi connectivity index (χ2v) is 12.7. The van der Waals surface area contributed by atoms with Gasteiger partial charge in [0.25, 0.3) is 5.56 Å². The van der Waals surface area contributed by atoms with Gasteiger partial charge >= 0.3 is 0 Å². The molecule has 8 nitrogen and oxygen atoms in total. The van der Waals surface area contributed by atoms with Gasteiger partial charge in [-0.1, -0.05) is 32.0 Å². The van der Waals surface area contributed by atoms with E-state index in [9.17, 15) is 13.2 Å². The lowest BCUT2D eigenvalue weighted by molar-refractivity contribution is 0.191. The maximum absolute atomic E-state index is 14.0. The number of para-hydroxylation sites is 1. The average Bonchev–Trinajstić information content (AvgIpc) is 2.78. The predicted molar refractivity (Wildman–Crippen MR) is 144 cm³/mol. The van der Waals surface area contributed by atoms with Crippen molar-refractivity contribution in [3.05, 3.63) is 63.9 Å². The van der Waals surface area contributed by atoms with Crippen LogP contribution in [0.2, 0.25) is 0 Å². The number of hydrogen-bond acceptors (Lipinski definition) is 6. The lowest BCUT2D eigenvalue weighted by Gasteiger charge is -2.34. The Kier molecular flexibility index (Phi) is 7.19. The van der Waals surface area contributed by atoms with Gasteiger partial charge in [0.15, 0.2) is 0 Å².